The van der Waals surface area contributed by atoms with Gasteiger partial charge in [-0.05, 0) is 46.9 Å². The number of hydrogen-bond acceptors (Lipinski definition) is 1. The molecule has 24 heavy (non-hydrogen) atoms. The number of urea groups is 1. The van der Waals surface area contributed by atoms with Gasteiger partial charge in [-0.2, -0.15) is 0 Å². The maximum Gasteiger partial charge on any atom is 0.319 e. The third-order valence-corrected chi connectivity index (χ3v) is 4.39. The molecule has 0 fully saturated rings. The molecule has 4 rings (SSSR count). The third-order valence-electron chi connectivity index (χ3n) is 4.39. The van der Waals surface area contributed by atoms with Crippen molar-refractivity contribution >= 4 is 11.7 Å². The monoisotopic (exact) mass is 314 g/mol. The fourth-order valence-electron chi connectivity index (χ4n) is 3.33. The summed E-state index contributed by atoms with van der Waals surface area (Å²) in [5.74, 6) is 0. The molecule has 0 saturated carbocycles. The number of rotatable bonds is 2. The van der Waals surface area contributed by atoms with Gasteiger partial charge in [0.1, 0.15) is 0 Å². The van der Waals surface area contributed by atoms with E-state index in [0.717, 1.165) is 22.4 Å². The van der Waals surface area contributed by atoms with Crippen molar-refractivity contribution < 1.29 is 4.79 Å². The van der Waals surface area contributed by atoms with Crippen LogP contribution >= 0.6 is 0 Å². The first-order valence-corrected chi connectivity index (χ1v) is 8.05. The highest BCUT2D eigenvalue weighted by atomic mass is 16.2. The van der Waals surface area contributed by atoms with E-state index in [4.69, 9.17) is 0 Å². The van der Waals surface area contributed by atoms with Crippen LogP contribution in [0.25, 0.3) is 11.1 Å². The zero-order valence-electron chi connectivity index (χ0n) is 13.4. The molecule has 2 amide bonds. The first-order chi connectivity index (χ1) is 11.7. The fraction of sp³-hybridized carbons (Fsp3) is 0.0952. The molecule has 1 aliphatic rings. The minimum atomic E-state index is -0.197. The highest BCUT2D eigenvalue weighted by molar-refractivity contribution is 5.91. The number of aryl methyl sites for hydroxylation is 1. The van der Waals surface area contributed by atoms with Gasteiger partial charge in [-0.25, -0.2) is 4.79 Å². The van der Waals surface area contributed by atoms with Crippen molar-refractivity contribution in [2.75, 3.05) is 5.32 Å². The van der Waals surface area contributed by atoms with Crippen LogP contribution in [0.15, 0.2) is 72.8 Å². The number of fused-ring (bicyclic) bond motifs is 3. The van der Waals surface area contributed by atoms with Crippen LogP contribution in [0.5, 0.6) is 0 Å². The van der Waals surface area contributed by atoms with Crippen LogP contribution in [-0.4, -0.2) is 6.03 Å². The van der Waals surface area contributed by atoms with E-state index in [1.807, 2.05) is 55.5 Å². The Balaban J connectivity index is 1.61. The summed E-state index contributed by atoms with van der Waals surface area (Å²) in [5.41, 5.74) is 6.57. The maximum atomic E-state index is 12.5. The summed E-state index contributed by atoms with van der Waals surface area (Å²) in [6.45, 7) is 2.01. The largest absolute Gasteiger partial charge is 0.327 e. The first kappa shape index (κ1) is 14.5. The summed E-state index contributed by atoms with van der Waals surface area (Å²) in [6.07, 6.45) is 0. The highest BCUT2D eigenvalue weighted by Gasteiger charge is 2.29. The van der Waals surface area contributed by atoms with Crippen molar-refractivity contribution in [3.05, 3.63) is 89.5 Å². The lowest BCUT2D eigenvalue weighted by atomic mass is 10.1. The van der Waals surface area contributed by atoms with E-state index in [0.29, 0.717) is 0 Å². The Morgan fingerprint density at radius 1 is 0.833 bits per heavy atom. The van der Waals surface area contributed by atoms with Crippen LogP contribution < -0.4 is 10.6 Å². The molecule has 3 nitrogen and oxygen atoms in total. The quantitative estimate of drug-likeness (QED) is 0.695. The molecule has 0 atom stereocenters. The van der Waals surface area contributed by atoms with E-state index in [9.17, 15) is 4.79 Å². The SMILES string of the molecule is Cc1cccc(NC(=O)NC2c3ccccc3-c3ccccc32)c1. The van der Waals surface area contributed by atoms with E-state index in [2.05, 4.69) is 34.9 Å². The normalized spacial score (nSPS) is 12.4. The molecule has 118 valence electrons. The van der Waals surface area contributed by atoms with E-state index in [1.54, 1.807) is 0 Å². The second-order valence-corrected chi connectivity index (χ2v) is 6.08. The highest BCUT2D eigenvalue weighted by Crippen LogP contribution is 2.42. The topological polar surface area (TPSA) is 41.1 Å². The molecule has 2 N–H and O–H groups in total. The Morgan fingerprint density at radius 2 is 1.46 bits per heavy atom. The second-order valence-electron chi connectivity index (χ2n) is 6.08. The van der Waals surface area contributed by atoms with Crippen LogP contribution in [0.4, 0.5) is 10.5 Å². The van der Waals surface area contributed by atoms with Crippen LogP contribution in [0.3, 0.4) is 0 Å². The molecule has 0 aliphatic heterocycles. The minimum absolute atomic E-state index is 0.123. The van der Waals surface area contributed by atoms with Gasteiger partial charge >= 0.3 is 6.03 Å². The molecule has 0 bridgehead atoms. The van der Waals surface area contributed by atoms with Gasteiger partial charge < -0.3 is 10.6 Å². The summed E-state index contributed by atoms with van der Waals surface area (Å²) in [5, 5.41) is 6.03. The van der Waals surface area contributed by atoms with Crippen molar-refractivity contribution in [3.63, 3.8) is 0 Å². The number of anilines is 1. The van der Waals surface area contributed by atoms with Gasteiger partial charge in [0.25, 0.3) is 0 Å². The zero-order valence-corrected chi connectivity index (χ0v) is 13.4. The maximum absolute atomic E-state index is 12.5. The van der Waals surface area contributed by atoms with Crippen molar-refractivity contribution in [2.45, 2.75) is 13.0 Å². The van der Waals surface area contributed by atoms with Gasteiger partial charge in [0, 0.05) is 5.69 Å². The Hall–Kier alpha value is -3.07. The van der Waals surface area contributed by atoms with Crippen LogP contribution in [0.1, 0.15) is 22.7 Å². The van der Waals surface area contributed by atoms with Gasteiger partial charge in [-0.3, -0.25) is 0 Å². The van der Waals surface area contributed by atoms with E-state index >= 15 is 0 Å². The minimum Gasteiger partial charge on any atom is -0.327 e. The number of carbonyl (C=O) groups is 1. The third kappa shape index (κ3) is 2.54. The van der Waals surface area contributed by atoms with Gasteiger partial charge in [0.15, 0.2) is 0 Å². The lowest BCUT2D eigenvalue weighted by molar-refractivity contribution is 0.250. The van der Waals surface area contributed by atoms with Crippen LogP contribution in [0, 0.1) is 6.92 Å². The van der Waals surface area contributed by atoms with Crippen LogP contribution in [0.2, 0.25) is 0 Å². The molecular formula is C21H18N2O. The number of carbonyl (C=O) groups excluding carboxylic acids is 1. The number of benzene rings is 3. The molecular weight excluding hydrogens is 296 g/mol. The average Bonchev–Trinajstić information content (AvgIpc) is 2.90. The Labute approximate surface area is 141 Å². The van der Waals surface area contributed by atoms with Crippen molar-refractivity contribution in [1.29, 1.82) is 0 Å². The predicted molar refractivity (Wildman–Crippen MR) is 97.1 cm³/mol. The molecule has 1 aliphatic carbocycles. The molecule has 0 radical (unpaired) electrons. The smallest absolute Gasteiger partial charge is 0.319 e. The molecule has 3 aromatic carbocycles. The second kappa shape index (κ2) is 5.85. The predicted octanol–water partition coefficient (Wildman–Crippen LogP) is 4.89. The summed E-state index contributed by atoms with van der Waals surface area (Å²) < 4.78 is 0. The number of amides is 2. The zero-order chi connectivity index (χ0) is 16.5. The summed E-state index contributed by atoms with van der Waals surface area (Å²) in [6, 6.07) is 23.9. The Bertz CT molecular complexity index is 871. The lowest BCUT2D eigenvalue weighted by Gasteiger charge is -2.16. The van der Waals surface area contributed by atoms with E-state index < -0.39 is 0 Å². The molecule has 0 heterocycles. The van der Waals surface area contributed by atoms with Crippen molar-refractivity contribution in [1.82, 2.24) is 5.32 Å². The number of nitrogens with one attached hydrogen (secondary N) is 2. The summed E-state index contributed by atoms with van der Waals surface area (Å²) in [7, 11) is 0. The standard InChI is InChI=1S/C21H18N2O/c1-14-7-6-8-15(13-14)22-21(24)23-20-18-11-4-2-9-16(18)17-10-3-5-12-19(17)20/h2-13,20H,1H3,(H2,22,23,24). The average molecular weight is 314 g/mol. The summed E-state index contributed by atoms with van der Waals surface area (Å²) >= 11 is 0. The van der Waals surface area contributed by atoms with Gasteiger partial charge in [-0.15, -0.1) is 0 Å². The first-order valence-electron chi connectivity index (χ1n) is 8.05. The Morgan fingerprint density at radius 3 is 2.08 bits per heavy atom. The number of hydrogen-bond donors (Lipinski definition) is 2. The van der Waals surface area contributed by atoms with E-state index in [-0.39, 0.29) is 12.1 Å². The molecule has 0 unspecified atom stereocenters. The fourth-order valence-corrected chi connectivity index (χ4v) is 3.33. The summed E-state index contributed by atoms with van der Waals surface area (Å²) in [4.78, 5) is 12.5. The van der Waals surface area contributed by atoms with Gasteiger partial charge in [0.2, 0.25) is 0 Å². The van der Waals surface area contributed by atoms with Gasteiger partial charge in [-0.1, -0.05) is 60.7 Å². The molecule has 0 aromatic heterocycles. The van der Waals surface area contributed by atoms with Crippen molar-refractivity contribution in [2.24, 2.45) is 0 Å². The molecule has 3 aromatic rings. The van der Waals surface area contributed by atoms with Crippen molar-refractivity contribution in [3.8, 4) is 11.1 Å². The molecule has 0 saturated heterocycles. The van der Waals surface area contributed by atoms with Gasteiger partial charge in [0.05, 0.1) is 6.04 Å². The molecule has 0 spiro atoms. The lowest BCUT2D eigenvalue weighted by Crippen LogP contribution is -2.32. The van der Waals surface area contributed by atoms with E-state index in [1.165, 1.54) is 11.1 Å². The van der Waals surface area contributed by atoms with Crippen LogP contribution in [-0.2, 0) is 0 Å². The molecule has 3 heteroatoms. The Kier molecular flexibility index (Phi) is 3.54.